The van der Waals surface area contributed by atoms with Crippen molar-refractivity contribution in [1.29, 1.82) is 0 Å². The third-order valence-corrected chi connectivity index (χ3v) is 3.99. The van der Waals surface area contributed by atoms with E-state index in [1.807, 2.05) is 18.7 Å². The molecule has 4 nitrogen and oxygen atoms in total. The quantitative estimate of drug-likeness (QED) is 0.887. The summed E-state index contributed by atoms with van der Waals surface area (Å²) in [6, 6.07) is 4.16. The molecule has 0 bridgehead atoms. The van der Waals surface area contributed by atoms with Gasteiger partial charge >= 0.3 is 0 Å². The first-order valence-electron chi connectivity index (χ1n) is 7.36. The van der Waals surface area contributed by atoms with E-state index in [0.717, 1.165) is 5.56 Å². The van der Waals surface area contributed by atoms with Crippen LogP contribution in [0.25, 0.3) is 0 Å². The number of piperazine rings is 1. The molecule has 116 valence electrons. The number of carbonyl (C=O) groups excluding carboxylic acids is 1. The second-order valence-corrected chi connectivity index (χ2v) is 5.99. The Balaban J connectivity index is 2.13. The highest BCUT2D eigenvalue weighted by molar-refractivity contribution is 5.82. The lowest BCUT2D eigenvalue weighted by molar-refractivity contribution is -0.131. The van der Waals surface area contributed by atoms with Gasteiger partial charge in [0.1, 0.15) is 5.82 Å². The summed E-state index contributed by atoms with van der Waals surface area (Å²) >= 11 is 0. The number of hydrogen-bond acceptors (Lipinski definition) is 3. The van der Waals surface area contributed by atoms with Crippen molar-refractivity contribution >= 4 is 5.91 Å². The van der Waals surface area contributed by atoms with E-state index in [-0.39, 0.29) is 23.7 Å². The molecule has 1 aliphatic rings. The molecule has 0 saturated carbocycles. The maximum absolute atomic E-state index is 13.1. The molecule has 2 rings (SSSR count). The number of aliphatic hydroxyl groups excluding tert-OH is 1. The highest BCUT2D eigenvalue weighted by Gasteiger charge is 2.33. The Morgan fingerprint density at radius 2 is 2.19 bits per heavy atom. The number of β-amino-alcohol motifs (C(OH)–C–C–N with tert-alkyl or cyclic N) is 1. The van der Waals surface area contributed by atoms with E-state index in [1.165, 1.54) is 12.1 Å². The van der Waals surface area contributed by atoms with Crippen LogP contribution in [0.1, 0.15) is 31.1 Å². The Morgan fingerprint density at radius 1 is 1.48 bits per heavy atom. The summed E-state index contributed by atoms with van der Waals surface area (Å²) < 4.78 is 13.1. The maximum atomic E-state index is 13.1. The third-order valence-electron chi connectivity index (χ3n) is 3.99. The van der Waals surface area contributed by atoms with Gasteiger partial charge in [0.2, 0.25) is 5.91 Å². The zero-order valence-electron chi connectivity index (χ0n) is 12.8. The molecule has 0 aliphatic carbocycles. The van der Waals surface area contributed by atoms with E-state index in [9.17, 15) is 14.3 Å². The average molecular weight is 294 g/mol. The summed E-state index contributed by atoms with van der Waals surface area (Å²) in [5.41, 5.74) is 1.44. The van der Waals surface area contributed by atoms with Crippen LogP contribution in [-0.4, -0.2) is 41.6 Å². The lowest BCUT2D eigenvalue weighted by atomic mass is 9.97. The van der Waals surface area contributed by atoms with Gasteiger partial charge in [-0.2, -0.15) is 0 Å². The number of rotatable bonds is 4. The molecule has 1 aromatic rings. The third kappa shape index (κ3) is 3.60. The Hall–Kier alpha value is -1.46. The molecular formula is C16H23FN2O2. The molecule has 1 aromatic carbocycles. The first-order chi connectivity index (χ1) is 9.90. The molecule has 1 heterocycles. The number of halogens is 1. The van der Waals surface area contributed by atoms with Gasteiger partial charge in [-0.3, -0.25) is 9.69 Å². The van der Waals surface area contributed by atoms with Crippen LogP contribution in [0.4, 0.5) is 4.39 Å². The van der Waals surface area contributed by atoms with Crippen LogP contribution < -0.4 is 5.32 Å². The van der Waals surface area contributed by atoms with Crippen molar-refractivity contribution < 1.29 is 14.3 Å². The van der Waals surface area contributed by atoms with Gasteiger partial charge in [0.25, 0.3) is 0 Å². The van der Waals surface area contributed by atoms with Gasteiger partial charge in [-0.1, -0.05) is 19.9 Å². The minimum Gasteiger partial charge on any atom is -0.387 e. The van der Waals surface area contributed by atoms with Gasteiger partial charge in [0.15, 0.2) is 0 Å². The fourth-order valence-corrected chi connectivity index (χ4v) is 2.99. The van der Waals surface area contributed by atoms with E-state index < -0.39 is 6.10 Å². The fourth-order valence-electron chi connectivity index (χ4n) is 2.99. The highest BCUT2D eigenvalue weighted by Crippen LogP contribution is 2.23. The summed E-state index contributed by atoms with van der Waals surface area (Å²) in [6.07, 6.45) is -0.724. The van der Waals surface area contributed by atoms with Crippen molar-refractivity contribution in [2.75, 3.05) is 19.6 Å². The number of hydrogen-bond donors (Lipinski definition) is 2. The number of aryl methyl sites for hydroxylation is 1. The zero-order valence-corrected chi connectivity index (χ0v) is 12.8. The largest absolute Gasteiger partial charge is 0.387 e. The van der Waals surface area contributed by atoms with Gasteiger partial charge in [0, 0.05) is 19.6 Å². The topological polar surface area (TPSA) is 52.6 Å². The second-order valence-electron chi connectivity index (χ2n) is 5.99. The molecule has 0 aromatic heterocycles. The van der Waals surface area contributed by atoms with Crippen molar-refractivity contribution in [3.8, 4) is 0 Å². The molecule has 0 spiro atoms. The number of nitrogens with one attached hydrogen (secondary N) is 1. The van der Waals surface area contributed by atoms with Crippen molar-refractivity contribution in [2.45, 2.75) is 32.9 Å². The Morgan fingerprint density at radius 3 is 2.81 bits per heavy atom. The van der Waals surface area contributed by atoms with Crippen LogP contribution in [0.5, 0.6) is 0 Å². The second kappa shape index (κ2) is 6.54. The standard InChI is InChI=1S/C16H23FN2O2/c1-10(2)15-16(21)18-6-7-19(15)9-14(20)13-5-4-12(17)8-11(13)3/h4-5,8,10,14-15,20H,6-7,9H2,1-3H3,(H,18,21). The Labute approximate surface area is 125 Å². The van der Waals surface area contributed by atoms with E-state index in [2.05, 4.69) is 5.32 Å². The highest BCUT2D eigenvalue weighted by atomic mass is 19.1. The number of aliphatic hydroxyl groups is 1. The first kappa shape index (κ1) is 15.9. The molecule has 2 N–H and O–H groups in total. The molecule has 1 amide bonds. The van der Waals surface area contributed by atoms with E-state index in [4.69, 9.17) is 0 Å². The summed E-state index contributed by atoms with van der Waals surface area (Å²) in [5.74, 6) is -0.119. The maximum Gasteiger partial charge on any atom is 0.237 e. The van der Waals surface area contributed by atoms with E-state index in [0.29, 0.717) is 25.2 Å². The van der Waals surface area contributed by atoms with Crippen LogP contribution in [0, 0.1) is 18.7 Å². The number of benzene rings is 1. The predicted octanol–water partition coefficient (Wildman–Crippen LogP) is 1.62. The molecule has 1 saturated heterocycles. The van der Waals surface area contributed by atoms with Gasteiger partial charge in [0.05, 0.1) is 12.1 Å². The van der Waals surface area contributed by atoms with Crippen molar-refractivity contribution in [2.24, 2.45) is 5.92 Å². The van der Waals surface area contributed by atoms with E-state index >= 15 is 0 Å². The number of amides is 1. The zero-order chi connectivity index (χ0) is 15.6. The molecule has 0 radical (unpaired) electrons. The van der Waals surface area contributed by atoms with Crippen LogP contribution in [0.2, 0.25) is 0 Å². The van der Waals surface area contributed by atoms with Crippen LogP contribution in [-0.2, 0) is 4.79 Å². The molecule has 1 fully saturated rings. The van der Waals surface area contributed by atoms with Gasteiger partial charge < -0.3 is 10.4 Å². The molecular weight excluding hydrogens is 271 g/mol. The smallest absolute Gasteiger partial charge is 0.237 e. The number of carbonyl (C=O) groups is 1. The predicted molar refractivity (Wildman–Crippen MR) is 79.3 cm³/mol. The average Bonchev–Trinajstić information content (AvgIpc) is 2.37. The van der Waals surface area contributed by atoms with Crippen molar-refractivity contribution in [3.63, 3.8) is 0 Å². The fraction of sp³-hybridized carbons (Fsp3) is 0.562. The molecule has 1 aliphatic heterocycles. The normalized spacial score (nSPS) is 21.4. The van der Waals surface area contributed by atoms with Crippen molar-refractivity contribution in [3.05, 3.63) is 35.1 Å². The van der Waals surface area contributed by atoms with Crippen molar-refractivity contribution in [1.82, 2.24) is 10.2 Å². The first-order valence-corrected chi connectivity index (χ1v) is 7.36. The number of nitrogens with zero attached hydrogens (tertiary/aromatic N) is 1. The van der Waals surface area contributed by atoms with Crippen LogP contribution >= 0.6 is 0 Å². The Bertz CT molecular complexity index is 519. The summed E-state index contributed by atoms with van der Waals surface area (Å²) in [6.45, 7) is 7.46. The minimum atomic E-state index is -0.724. The lowest BCUT2D eigenvalue weighted by Gasteiger charge is -2.38. The van der Waals surface area contributed by atoms with Crippen LogP contribution in [0.3, 0.4) is 0 Å². The molecule has 2 unspecified atom stereocenters. The van der Waals surface area contributed by atoms with Gasteiger partial charge in [-0.25, -0.2) is 4.39 Å². The van der Waals surface area contributed by atoms with E-state index in [1.54, 1.807) is 13.0 Å². The summed E-state index contributed by atoms with van der Waals surface area (Å²) in [7, 11) is 0. The van der Waals surface area contributed by atoms with Gasteiger partial charge in [-0.05, 0) is 36.1 Å². The lowest BCUT2D eigenvalue weighted by Crippen LogP contribution is -2.58. The minimum absolute atomic E-state index is 0.0132. The molecule has 2 atom stereocenters. The Kier molecular flexibility index (Phi) is 4.96. The monoisotopic (exact) mass is 294 g/mol. The van der Waals surface area contributed by atoms with Crippen LogP contribution in [0.15, 0.2) is 18.2 Å². The molecule has 21 heavy (non-hydrogen) atoms. The molecule has 5 heteroatoms. The summed E-state index contributed by atoms with van der Waals surface area (Å²) in [5, 5.41) is 13.3. The SMILES string of the molecule is Cc1cc(F)ccc1C(O)CN1CCNC(=O)C1C(C)C. The summed E-state index contributed by atoms with van der Waals surface area (Å²) in [4.78, 5) is 14.0. The van der Waals surface area contributed by atoms with Gasteiger partial charge in [-0.15, -0.1) is 0 Å².